The van der Waals surface area contributed by atoms with Crippen molar-refractivity contribution in [2.45, 2.75) is 12.8 Å². The molecule has 0 amide bonds. The van der Waals surface area contributed by atoms with Gasteiger partial charge in [-0.25, -0.2) is 4.79 Å². The van der Waals surface area contributed by atoms with Gasteiger partial charge in [0.2, 0.25) is 0 Å². The summed E-state index contributed by atoms with van der Waals surface area (Å²) in [5.41, 5.74) is -1.34. The topological polar surface area (TPSA) is 108 Å². The summed E-state index contributed by atoms with van der Waals surface area (Å²) in [4.78, 5) is 33.2. The number of ether oxygens (including phenoxy) is 2. The number of nitro benzene ring substituents is 1. The average molecular weight is 412 g/mol. The van der Waals surface area contributed by atoms with Crippen molar-refractivity contribution in [3.63, 3.8) is 0 Å². The fourth-order valence-electron chi connectivity index (χ4n) is 2.25. The highest BCUT2D eigenvalue weighted by atomic mass is 19.4. The molecular formula is C18H15F3N2O6. The van der Waals surface area contributed by atoms with Crippen LogP contribution in [-0.2, 0) is 27.1 Å². The second-order valence-electron chi connectivity index (χ2n) is 5.69. The Kier molecular flexibility index (Phi) is 6.75. The van der Waals surface area contributed by atoms with Gasteiger partial charge in [-0.1, -0.05) is 12.1 Å². The third kappa shape index (κ3) is 5.92. The number of benzene rings is 2. The molecule has 0 radical (unpaired) electrons. The third-order valence-electron chi connectivity index (χ3n) is 3.72. The van der Waals surface area contributed by atoms with Gasteiger partial charge in [0.15, 0.2) is 0 Å². The van der Waals surface area contributed by atoms with Crippen molar-refractivity contribution in [1.29, 1.82) is 0 Å². The monoisotopic (exact) mass is 412 g/mol. The molecule has 0 aliphatic heterocycles. The number of nitrogens with zero attached hydrogens (tertiary/aromatic N) is 1. The van der Waals surface area contributed by atoms with Crippen LogP contribution in [0.25, 0.3) is 0 Å². The number of nitro groups is 1. The smallest absolute Gasteiger partial charge is 0.416 e. The second-order valence-corrected chi connectivity index (χ2v) is 5.69. The van der Waals surface area contributed by atoms with Crippen LogP contribution in [0.5, 0.6) is 0 Å². The third-order valence-corrected chi connectivity index (χ3v) is 3.72. The highest BCUT2D eigenvalue weighted by Gasteiger charge is 2.33. The van der Waals surface area contributed by atoms with Crippen LogP contribution in [0.2, 0.25) is 0 Å². The summed E-state index contributed by atoms with van der Waals surface area (Å²) in [6, 6.07) is 8.00. The second kappa shape index (κ2) is 9.04. The van der Waals surface area contributed by atoms with Crippen LogP contribution in [0.4, 0.5) is 24.5 Å². The van der Waals surface area contributed by atoms with Crippen molar-refractivity contribution in [2.75, 3.05) is 19.0 Å². The zero-order valence-corrected chi connectivity index (χ0v) is 15.0. The van der Waals surface area contributed by atoms with Crippen molar-refractivity contribution in [2.24, 2.45) is 0 Å². The van der Waals surface area contributed by atoms with E-state index in [-0.39, 0.29) is 12.3 Å². The molecule has 154 valence electrons. The summed E-state index contributed by atoms with van der Waals surface area (Å²) in [5.74, 6) is -1.30. The van der Waals surface area contributed by atoms with Crippen LogP contribution in [-0.4, -0.2) is 30.5 Å². The number of carbonyl (C=O) groups is 2. The summed E-state index contributed by atoms with van der Waals surface area (Å²) in [6.07, 6.45) is -4.73. The van der Waals surface area contributed by atoms with E-state index in [9.17, 15) is 32.9 Å². The molecule has 0 bridgehead atoms. The Bertz CT molecular complexity index is 913. The van der Waals surface area contributed by atoms with Crippen molar-refractivity contribution in [3.05, 3.63) is 69.3 Å². The van der Waals surface area contributed by atoms with Crippen LogP contribution in [0, 0.1) is 10.1 Å². The maximum atomic E-state index is 12.7. The van der Waals surface area contributed by atoms with Gasteiger partial charge in [0.05, 0.1) is 23.2 Å². The van der Waals surface area contributed by atoms with E-state index in [1.165, 1.54) is 19.2 Å². The summed E-state index contributed by atoms with van der Waals surface area (Å²) >= 11 is 0. The maximum Gasteiger partial charge on any atom is 0.416 e. The number of nitrogens with one attached hydrogen (secondary N) is 1. The number of hydrogen-bond donors (Lipinski definition) is 1. The lowest BCUT2D eigenvalue weighted by molar-refractivity contribution is -0.384. The van der Waals surface area contributed by atoms with Crippen LogP contribution >= 0.6 is 0 Å². The fraction of sp³-hybridized carbons (Fsp3) is 0.222. The van der Waals surface area contributed by atoms with Crippen molar-refractivity contribution in [1.82, 2.24) is 0 Å². The molecule has 0 saturated carbocycles. The zero-order chi connectivity index (χ0) is 21.6. The Morgan fingerprint density at radius 2 is 1.79 bits per heavy atom. The highest BCUT2D eigenvalue weighted by molar-refractivity contribution is 5.89. The molecule has 0 saturated heterocycles. The Labute approximate surface area is 162 Å². The predicted octanol–water partition coefficient (Wildman–Crippen LogP) is 3.56. The van der Waals surface area contributed by atoms with E-state index >= 15 is 0 Å². The quantitative estimate of drug-likeness (QED) is 0.421. The van der Waals surface area contributed by atoms with Gasteiger partial charge >= 0.3 is 18.1 Å². The lowest BCUT2D eigenvalue weighted by Gasteiger charge is -2.10. The number of anilines is 1. The first-order valence-corrected chi connectivity index (χ1v) is 8.04. The van der Waals surface area contributed by atoms with Crippen LogP contribution in [0.3, 0.4) is 0 Å². The van der Waals surface area contributed by atoms with E-state index in [1.807, 2.05) is 0 Å². The summed E-state index contributed by atoms with van der Waals surface area (Å²) < 4.78 is 47.6. The van der Waals surface area contributed by atoms with Crippen molar-refractivity contribution >= 4 is 23.3 Å². The minimum absolute atomic E-state index is 0.128. The molecule has 8 nitrogen and oxygen atoms in total. The van der Waals surface area contributed by atoms with E-state index in [0.29, 0.717) is 23.3 Å². The van der Waals surface area contributed by atoms with Gasteiger partial charge in [0, 0.05) is 6.07 Å². The molecule has 0 aliphatic carbocycles. The Morgan fingerprint density at radius 1 is 1.14 bits per heavy atom. The van der Waals surface area contributed by atoms with E-state index in [0.717, 1.165) is 6.07 Å². The predicted molar refractivity (Wildman–Crippen MR) is 94.2 cm³/mol. The normalized spacial score (nSPS) is 10.9. The average Bonchev–Trinajstić information content (AvgIpc) is 2.69. The fourth-order valence-corrected chi connectivity index (χ4v) is 2.25. The van der Waals surface area contributed by atoms with Gasteiger partial charge in [-0.15, -0.1) is 0 Å². The van der Waals surface area contributed by atoms with Gasteiger partial charge in [-0.2, -0.15) is 13.2 Å². The van der Waals surface area contributed by atoms with Gasteiger partial charge < -0.3 is 14.8 Å². The van der Waals surface area contributed by atoms with Crippen molar-refractivity contribution < 1.29 is 37.2 Å². The molecule has 0 fully saturated rings. The molecule has 0 atom stereocenters. The number of hydrogen-bond acceptors (Lipinski definition) is 7. The van der Waals surface area contributed by atoms with Gasteiger partial charge in [0.1, 0.15) is 18.8 Å². The summed E-state index contributed by atoms with van der Waals surface area (Å²) in [6.45, 7) is -0.622. The Balaban J connectivity index is 1.95. The molecule has 29 heavy (non-hydrogen) atoms. The first-order chi connectivity index (χ1) is 13.6. The van der Waals surface area contributed by atoms with E-state index in [4.69, 9.17) is 4.74 Å². The van der Waals surface area contributed by atoms with Gasteiger partial charge in [-0.05, 0) is 29.8 Å². The molecule has 0 heterocycles. The standard InChI is InChI=1S/C18H15F3N2O6/c1-28-17(25)12-4-2-11(3-5-12)10-29-16(24)9-22-14-7-6-13(18(19,20)21)8-15(14)23(26)27/h2-8,22H,9-10H2,1H3. The Morgan fingerprint density at radius 3 is 2.34 bits per heavy atom. The zero-order valence-electron chi connectivity index (χ0n) is 15.0. The molecule has 2 rings (SSSR count). The lowest BCUT2D eigenvalue weighted by Crippen LogP contribution is -2.17. The van der Waals surface area contributed by atoms with E-state index in [2.05, 4.69) is 10.1 Å². The molecule has 0 aromatic heterocycles. The van der Waals surface area contributed by atoms with Crippen LogP contribution in [0.1, 0.15) is 21.5 Å². The highest BCUT2D eigenvalue weighted by Crippen LogP contribution is 2.34. The van der Waals surface area contributed by atoms with E-state index in [1.54, 1.807) is 12.1 Å². The molecule has 0 aliphatic rings. The number of rotatable bonds is 7. The molecule has 11 heteroatoms. The van der Waals surface area contributed by atoms with Crippen LogP contribution < -0.4 is 5.32 Å². The number of esters is 2. The molecule has 0 spiro atoms. The number of alkyl halides is 3. The molecule has 0 unspecified atom stereocenters. The lowest BCUT2D eigenvalue weighted by atomic mass is 10.1. The SMILES string of the molecule is COC(=O)c1ccc(COC(=O)CNc2ccc(C(F)(F)F)cc2[N+](=O)[O-])cc1. The molecular weight excluding hydrogens is 397 g/mol. The van der Waals surface area contributed by atoms with Crippen molar-refractivity contribution in [3.8, 4) is 0 Å². The van der Waals surface area contributed by atoms with Crippen LogP contribution in [0.15, 0.2) is 42.5 Å². The summed E-state index contributed by atoms with van der Waals surface area (Å²) in [5, 5.41) is 13.4. The van der Waals surface area contributed by atoms with Gasteiger partial charge in [-0.3, -0.25) is 14.9 Å². The number of carbonyl (C=O) groups excluding carboxylic acids is 2. The first-order valence-electron chi connectivity index (χ1n) is 8.04. The molecule has 2 aromatic carbocycles. The van der Waals surface area contributed by atoms with E-state index < -0.39 is 40.8 Å². The molecule has 1 N–H and O–H groups in total. The number of methoxy groups -OCH3 is 1. The molecule has 2 aromatic rings. The summed E-state index contributed by atoms with van der Waals surface area (Å²) in [7, 11) is 1.24. The minimum Gasteiger partial charge on any atom is -0.465 e. The first kappa shape index (κ1) is 21.7. The maximum absolute atomic E-state index is 12.7. The largest absolute Gasteiger partial charge is 0.465 e. The Hall–Kier alpha value is -3.63. The minimum atomic E-state index is -4.73. The number of halogens is 3. The van der Waals surface area contributed by atoms with Gasteiger partial charge in [0.25, 0.3) is 5.69 Å².